The zero-order chi connectivity index (χ0) is 22.9. The molecular formula is C20H23ClF2N4O3S2. The largest absolute Gasteiger partial charge is 0.308 e. The van der Waals surface area contributed by atoms with Gasteiger partial charge in [-0.25, -0.2) is 26.5 Å². The lowest BCUT2D eigenvalue weighted by Crippen LogP contribution is -2.36. The molecule has 12 heteroatoms. The molecule has 1 aromatic heterocycles. The summed E-state index contributed by atoms with van der Waals surface area (Å²) >= 11 is 1.01. The number of hydrogen-bond donors (Lipinski definition) is 0. The number of carbonyl (C=O) groups is 1. The molecule has 0 atom stereocenters. The molecule has 0 aliphatic carbocycles. The van der Waals surface area contributed by atoms with Crippen LogP contribution in [-0.4, -0.2) is 69.8 Å². The van der Waals surface area contributed by atoms with Crippen molar-refractivity contribution in [1.29, 1.82) is 0 Å². The Kier molecular flexibility index (Phi) is 8.29. The van der Waals surface area contributed by atoms with Crippen LogP contribution in [0.2, 0.25) is 0 Å². The Balaban J connectivity index is 0.00000363. The van der Waals surface area contributed by atoms with E-state index in [1.165, 1.54) is 49.3 Å². The molecule has 3 aromatic rings. The van der Waals surface area contributed by atoms with E-state index in [1.807, 2.05) is 19.0 Å². The third-order valence-corrected chi connectivity index (χ3v) is 7.38. The molecule has 0 spiro atoms. The smallest absolute Gasteiger partial charge is 0.260 e. The van der Waals surface area contributed by atoms with Crippen molar-refractivity contribution < 1.29 is 22.0 Å². The van der Waals surface area contributed by atoms with Gasteiger partial charge in [0.25, 0.3) is 5.91 Å². The molecule has 3 rings (SSSR count). The van der Waals surface area contributed by atoms with Gasteiger partial charge < -0.3 is 4.90 Å². The lowest BCUT2D eigenvalue weighted by molar-refractivity contribution is 0.0985. The van der Waals surface area contributed by atoms with Crippen LogP contribution >= 0.6 is 23.7 Å². The second-order valence-corrected chi connectivity index (χ2v) is 10.5. The molecule has 0 aliphatic heterocycles. The second kappa shape index (κ2) is 10.2. The zero-order valence-electron chi connectivity index (χ0n) is 17.9. The summed E-state index contributed by atoms with van der Waals surface area (Å²) in [6.45, 7) is 0.763. The third kappa shape index (κ3) is 5.41. The fourth-order valence-corrected chi connectivity index (χ4v) is 4.71. The fraction of sp³-hybridized carbons (Fsp3) is 0.300. The van der Waals surface area contributed by atoms with E-state index in [9.17, 15) is 22.0 Å². The van der Waals surface area contributed by atoms with E-state index < -0.39 is 27.6 Å². The fourth-order valence-electron chi connectivity index (χ4n) is 2.78. The Morgan fingerprint density at radius 1 is 1.03 bits per heavy atom. The van der Waals surface area contributed by atoms with Crippen molar-refractivity contribution in [3.05, 3.63) is 53.6 Å². The Hall–Kier alpha value is -2.18. The topological polar surface area (TPSA) is 73.8 Å². The van der Waals surface area contributed by atoms with Gasteiger partial charge in [-0.3, -0.25) is 9.69 Å². The number of anilines is 1. The standard InChI is InChI=1S/C20H22F2N4O3S2.ClH/c1-24(2)9-10-26(20-23-18-16(22)11-14(21)12-17(18)30-20)19(27)13-5-7-15(8-6-13)31(28,29)25(3)4;/h5-8,11-12H,9-10H2,1-4H3;1H. The highest BCUT2D eigenvalue weighted by molar-refractivity contribution is 7.89. The maximum Gasteiger partial charge on any atom is 0.260 e. The summed E-state index contributed by atoms with van der Waals surface area (Å²) in [5.41, 5.74) is 0.249. The van der Waals surface area contributed by atoms with Crippen molar-refractivity contribution in [2.75, 3.05) is 46.2 Å². The van der Waals surface area contributed by atoms with Crippen molar-refractivity contribution in [2.24, 2.45) is 0 Å². The van der Waals surface area contributed by atoms with Crippen molar-refractivity contribution >= 4 is 55.0 Å². The summed E-state index contributed by atoms with van der Waals surface area (Å²) in [6, 6.07) is 7.50. The summed E-state index contributed by atoms with van der Waals surface area (Å²) in [6.07, 6.45) is 0. The average molecular weight is 505 g/mol. The average Bonchev–Trinajstić information content (AvgIpc) is 3.11. The number of sulfonamides is 1. The van der Waals surface area contributed by atoms with Gasteiger partial charge in [0.15, 0.2) is 10.9 Å². The lowest BCUT2D eigenvalue weighted by Gasteiger charge is -2.22. The van der Waals surface area contributed by atoms with Crippen molar-refractivity contribution in [3.8, 4) is 0 Å². The lowest BCUT2D eigenvalue weighted by atomic mass is 10.2. The van der Waals surface area contributed by atoms with Crippen LogP contribution in [0.5, 0.6) is 0 Å². The van der Waals surface area contributed by atoms with Gasteiger partial charge in [0.1, 0.15) is 11.3 Å². The molecule has 0 fully saturated rings. The Morgan fingerprint density at radius 3 is 2.22 bits per heavy atom. The minimum atomic E-state index is -3.63. The van der Waals surface area contributed by atoms with Crippen LogP contribution in [0.3, 0.4) is 0 Å². The number of nitrogens with zero attached hydrogens (tertiary/aromatic N) is 4. The normalized spacial score (nSPS) is 11.8. The predicted molar refractivity (Wildman–Crippen MR) is 124 cm³/mol. The van der Waals surface area contributed by atoms with Gasteiger partial charge in [-0.15, -0.1) is 12.4 Å². The first-order valence-corrected chi connectivity index (χ1v) is 11.5. The van der Waals surface area contributed by atoms with Gasteiger partial charge in [0, 0.05) is 38.8 Å². The summed E-state index contributed by atoms with van der Waals surface area (Å²) < 4.78 is 53.6. The maximum atomic E-state index is 14.1. The van der Waals surface area contributed by atoms with Crippen molar-refractivity contribution in [1.82, 2.24) is 14.2 Å². The zero-order valence-corrected chi connectivity index (χ0v) is 20.3. The summed E-state index contributed by atoms with van der Waals surface area (Å²) in [5, 5.41) is 0.233. The van der Waals surface area contributed by atoms with E-state index >= 15 is 0 Å². The van der Waals surface area contributed by atoms with E-state index in [0.717, 1.165) is 21.7 Å². The number of fused-ring (bicyclic) bond motifs is 1. The first-order chi connectivity index (χ1) is 14.5. The maximum absolute atomic E-state index is 14.1. The van der Waals surface area contributed by atoms with E-state index in [2.05, 4.69) is 4.98 Å². The molecule has 32 heavy (non-hydrogen) atoms. The second-order valence-electron chi connectivity index (χ2n) is 7.30. The summed E-state index contributed by atoms with van der Waals surface area (Å²) in [7, 11) is 2.91. The number of rotatable bonds is 7. The quantitative estimate of drug-likeness (QED) is 0.492. The number of benzene rings is 2. The van der Waals surface area contributed by atoms with E-state index in [1.54, 1.807) is 0 Å². The Labute approximate surface area is 195 Å². The number of hydrogen-bond acceptors (Lipinski definition) is 6. The number of amides is 1. The van der Waals surface area contributed by atoms with Gasteiger partial charge in [-0.1, -0.05) is 11.3 Å². The van der Waals surface area contributed by atoms with E-state index in [4.69, 9.17) is 0 Å². The minimum Gasteiger partial charge on any atom is -0.308 e. The molecule has 1 amide bonds. The molecule has 0 saturated heterocycles. The highest BCUT2D eigenvalue weighted by atomic mass is 35.5. The predicted octanol–water partition coefficient (Wildman–Crippen LogP) is 3.46. The van der Waals surface area contributed by atoms with Crippen molar-refractivity contribution in [3.63, 3.8) is 0 Å². The van der Waals surface area contributed by atoms with Crippen LogP contribution in [-0.2, 0) is 10.0 Å². The molecule has 7 nitrogen and oxygen atoms in total. The summed E-state index contributed by atoms with van der Waals surface area (Å²) in [5.74, 6) is -1.93. The van der Waals surface area contributed by atoms with Crippen LogP contribution in [0.15, 0.2) is 41.3 Å². The Morgan fingerprint density at radius 2 is 1.66 bits per heavy atom. The molecule has 0 unspecified atom stereocenters. The Bertz CT molecular complexity index is 1220. The molecular weight excluding hydrogens is 482 g/mol. The minimum absolute atomic E-state index is 0. The number of thiazole rings is 1. The molecule has 0 radical (unpaired) electrons. The van der Waals surface area contributed by atoms with E-state index in [0.29, 0.717) is 11.2 Å². The number of halogens is 3. The molecule has 0 saturated carbocycles. The third-order valence-electron chi connectivity index (χ3n) is 4.53. The molecule has 0 N–H and O–H groups in total. The van der Waals surface area contributed by atoms with Crippen LogP contribution in [0, 0.1) is 11.6 Å². The van der Waals surface area contributed by atoms with Gasteiger partial charge >= 0.3 is 0 Å². The first-order valence-electron chi connectivity index (χ1n) is 9.25. The first kappa shape index (κ1) is 26.1. The molecule has 2 aromatic carbocycles. The van der Waals surface area contributed by atoms with Crippen LogP contribution in [0.4, 0.5) is 13.9 Å². The van der Waals surface area contributed by atoms with E-state index in [-0.39, 0.29) is 40.1 Å². The summed E-state index contributed by atoms with van der Waals surface area (Å²) in [4.78, 5) is 20.8. The number of aromatic nitrogens is 1. The number of likely N-dealkylation sites (N-methyl/N-ethyl adjacent to an activating group) is 1. The SMILES string of the molecule is CN(C)CCN(C(=O)c1ccc(S(=O)(=O)N(C)C)cc1)c1nc2c(F)cc(F)cc2s1.Cl. The van der Waals surface area contributed by atoms with Gasteiger partial charge in [-0.05, 0) is 44.4 Å². The van der Waals surface area contributed by atoms with Gasteiger partial charge in [0.2, 0.25) is 10.0 Å². The van der Waals surface area contributed by atoms with Crippen molar-refractivity contribution in [2.45, 2.75) is 4.90 Å². The molecule has 0 aliphatic rings. The van der Waals surface area contributed by atoms with Crippen LogP contribution in [0.1, 0.15) is 10.4 Å². The molecule has 0 bridgehead atoms. The number of carbonyl (C=O) groups excluding carboxylic acids is 1. The highest BCUT2D eigenvalue weighted by Gasteiger charge is 2.24. The monoisotopic (exact) mass is 504 g/mol. The van der Waals surface area contributed by atoms with Crippen LogP contribution in [0.25, 0.3) is 10.2 Å². The molecule has 1 heterocycles. The molecule has 174 valence electrons. The highest BCUT2D eigenvalue weighted by Crippen LogP contribution is 2.32. The van der Waals surface area contributed by atoms with Gasteiger partial charge in [-0.2, -0.15) is 0 Å². The van der Waals surface area contributed by atoms with Crippen LogP contribution < -0.4 is 4.90 Å². The van der Waals surface area contributed by atoms with Gasteiger partial charge in [0.05, 0.1) is 9.60 Å².